The third-order valence-electron chi connectivity index (χ3n) is 2.39. The zero-order valence-electron chi connectivity index (χ0n) is 7.51. The van der Waals surface area contributed by atoms with Crippen LogP contribution in [0.2, 0.25) is 0 Å². The fourth-order valence-corrected chi connectivity index (χ4v) is 1.89. The Morgan fingerprint density at radius 2 is 2.33 bits per heavy atom. The summed E-state index contributed by atoms with van der Waals surface area (Å²) in [6.45, 7) is 6.21. The molecule has 0 spiro atoms. The summed E-state index contributed by atoms with van der Waals surface area (Å²) in [6, 6.07) is 0. The Morgan fingerprint density at radius 3 is 3.08 bits per heavy atom. The molecule has 2 rings (SSSR count). The van der Waals surface area contributed by atoms with E-state index >= 15 is 0 Å². The molecule has 3 N–H and O–H groups in total. The van der Waals surface area contributed by atoms with Crippen LogP contribution in [0, 0.1) is 0 Å². The van der Waals surface area contributed by atoms with E-state index in [1.807, 2.05) is 0 Å². The molecule has 2 aliphatic heterocycles. The Kier molecular flexibility index (Phi) is 1.84. The van der Waals surface area contributed by atoms with Crippen LogP contribution in [0.25, 0.3) is 0 Å². The van der Waals surface area contributed by atoms with Crippen molar-refractivity contribution >= 4 is 0 Å². The van der Waals surface area contributed by atoms with Crippen molar-refractivity contribution in [3.8, 4) is 0 Å². The molecule has 0 aromatic rings. The minimum absolute atomic E-state index is 0.905. The van der Waals surface area contributed by atoms with Gasteiger partial charge in [-0.3, -0.25) is 5.01 Å². The SMILES string of the molecule is CCNC1=C(N)CN2CCCN12. The van der Waals surface area contributed by atoms with Crippen LogP contribution in [-0.4, -0.2) is 36.2 Å². The summed E-state index contributed by atoms with van der Waals surface area (Å²) in [5.74, 6) is 1.13. The predicted octanol–water partition coefficient (Wildman–Crippen LogP) is -0.340. The molecular formula is C8H16N4. The summed E-state index contributed by atoms with van der Waals surface area (Å²) in [5.41, 5.74) is 6.87. The second-order valence-electron chi connectivity index (χ2n) is 3.27. The molecule has 0 amide bonds. The first-order valence-electron chi connectivity index (χ1n) is 4.58. The normalized spacial score (nSPS) is 23.6. The number of nitrogens with two attached hydrogens (primary N) is 1. The van der Waals surface area contributed by atoms with Crippen LogP contribution in [0.5, 0.6) is 0 Å². The Balaban J connectivity index is 2.12. The largest absolute Gasteiger partial charge is 0.398 e. The van der Waals surface area contributed by atoms with Gasteiger partial charge in [-0.15, -0.1) is 0 Å². The van der Waals surface area contributed by atoms with Gasteiger partial charge < -0.3 is 11.1 Å². The van der Waals surface area contributed by atoms with E-state index in [0.29, 0.717) is 0 Å². The maximum atomic E-state index is 5.89. The van der Waals surface area contributed by atoms with Gasteiger partial charge in [0, 0.05) is 19.6 Å². The molecule has 0 atom stereocenters. The van der Waals surface area contributed by atoms with E-state index in [9.17, 15) is 0 Å². The fraction of sp³-hybridized carbons (Fsp3) is 0.750. The maximum Gasteiger partial charge on any atom is 0.137 e. The highest BCUT2D eigenvalue weighted by molar-refractivity contribution is 5.16. The van der Waals surface area contributed by atoms with Crippen LogP contribution in [-0.2, 0) is 0 Å². The number of nitrogens with one attached hydrogen (secondary N) is 1. The number of rotatable bonds is 2. The number of fused-ring (bicyclic) bond motifs is 1. The summed E-state index contributed by atoms with van der Waals surface area (Å²) in [7, 11) is 0. The van der Waals surface area contributed by atoms with E-state index in [4.69, 9.17) is 5.73 Å². The van der Waals surface area contributed by atoms with Crippen LogP contribution < -0.4 is 11.1 Å². The van der Waals surface area contributed by atoms with Crippen molar-refractivity contribution in [2.24, 2.45) is 5.73 Å². The van der Waals surface area contributed by atoms with Gasteiger partial charge in [-0.05, 0) is 13.3 Å². The van der Waals surface area contributed by atoms with Gasteiger partial charge in [-0.25, -0.2) is 5.01 Å². The molecule has 0 aromatic carbocycles. The van der Waals surface area contributed by atoms with Gasteiger partial charge in [0.15, 0.2) is 0 Å². The predicted molar refractivity (Wildman–Crippen MR) is 47.8 cm³/mol. The molecule has 0 aromatic heterocycles. The molecule has 68 valence electrons. The topological polar surface area (TPSA) is 44.5 Å². The molecule has 0 saturated carbocycles. The number of nitrogens with zero attached hydrogens (tertiary/aromatic N) is 2. The summed E-state index contributed by atoms with van der Waals surface area (Å²) in [5, 5.41) is 7.87. The van der Waals surface area contributed by atoms with E-state index in [1.54, 1.807) is 0 Å². The zero-order chi connectivity index (χ0) is 8.55. The lowest BCUT2D eigenvalue weighted by molar-refractivity contribution is 0.0943. The number of hydrogen-bond acceptors (Lipinski definition) is 4. The monoisotopic (exact) mass is 168 g/mol. The van der Waals surface area contributed by atoms with Crippen molar-refractivity contribution in [3.63, 3.8) is 0 Å². The Morgan fingerprint density at radius 1 is 1.50 bits per heavy atom. The van der Waals surface area contributed by atoms with Gasteiger partial charge in [0.2, 0.25) is 0 Å². The average molecular weight is 168 g/mol. The molecule has 0 bridgehead atoms. The van der Waals surface area contributed by atoms with Crippen LogP contribution >= 0.6 is 0 Å². The van der Waals surface area contributed by atoms with Gasteiger partial charge in [-0.2, -0.15) is 0 Å². The highest BCUT2D eigenvalue weighted by Crippen LogP contribution is 2.23. The third-order valence-corrected chi connectivity index (χ3v) is 2.39. The average Bonchev–Trinajstić information content (AvgIpc) is 2.56. The molecule has 12 heavy (non-hydrogen) atoms. The third kappa shape index (κ3) is 1.03. The first-order valence-corrected chi connectivity index (χ1v) is 4.58. The smallest absolute Gasteiger partial charge is 0.137 e. The van der Waals surface area contributed by atoms with Crippen LogP contribution in [0.3, 0.4) is 0 Å². The first kappa shape index (κ1) is 7.73. The molecule has 2 heterocycles. The summed E-state index contributed by atoms with van der Waals surface area (Å²) < 4.78 is 0. The lowest BCUT2D eigenvalue weighted by Crippen LogP contribution is -2.34. The molecule has 4 heteroatoms. The highest BCUT2D eigenvalue weighted by Gasteiger charge is 2.31. The van der Waals surface area contributed by atoms with Gasteiger partial charge >= 0.3 is 0 Å². The molecule has 1 saturated heterocycles. The quantitative estimate of drug-likeness (QED) is 0.592. The van der Waals surface area contributed by atoms with E-state index in [0.717, 1.165) is 37.7 Å². The number of hydrogen-bond donors (Lipinski definition) is 2. The lowest BCUT2D eigenvalue weighted by Gasteiger charge is -2.23. The van der Waals surface area contributed by atoms with E-state index in [-0.39, 0.29) is 0 Å². The molecule has 1 fully saturated rings. The summed E-state index contributed by atoms with van der Waals surface area (Å²) >= 11 is 0. The fourth-order valence-electron chi connectivity index (χ4n) is 1.89. The molecule has 2 aliphatic rings. The Bertz CT molecular complexity index is 211. The van der Waals surface area contributed by atoms with E-state index < -0.39 is 0 Å². The van der Waals surface area contributed by atoms with Crippen molar-refractivity contribution in [1.82, 2.24) is 15.3 Å². The van der Waals surface area contributed by atoms with Gasteiger partial charge in [0.1, 0.15) is 5.82 Å². The van der Waals surface area contributed by atoms with Crippen LogP contribution in [0.4, 0.5) is 0 Å². The summed E-state index contributed by atoms with van der Waals surface area (Å²) in [6.07, 6.45) is 1.25. The van der Waals surface area contributed by atoms with Gasteiger partial charge in [-0.1, -0.05) is 0 Å². The van der Waals surface area contributed by atoms with Crippen molar-refractivity contribution < 1.29 is 0 Å². The standard InChI is InChI=1S/C8H16N4/c1-2-10-8-7(9)6-11-4-3-5-12(8)11/h10H,2-6,9H2,1H3. The molecule has 0 radical (unpaired) electrons. The minimum Gasteiger partial charge on any atom is -0.398 e. The van der Waals surface area contributed by atoms with E-state index in [1.165, 1.54) is 6.42 Å². The Hall–Kier alpha value is -0.900. The lowest BCUT2D eigenvalue weighted by atomic mass is 10.4. The second-order valence-corrected chi connectivity index (χ2v) is 3.27. The van der Waals surface area contributed by atoms with Crippen molar-refractivity contribution in [2.45, 2.75) is 13.3 Å². The van der Waals surface area contributed by atoms with Gasteiger partial charge in [0.25, 0.3) is 0 Å². The van der Waals surface area contributed by atoms with Crippen molar-refractivity contribution in [1.29, 1.82) is 0 Å². The first-order chi connectivity index (χ1) is 5.83. The molecule has 0 aliphatic carbocycles. The Labute approximate surface area is 73.0 Å². The molecule has 4 nitrogen and oxygen atoms in total. The number of hydrazine groups is 1. The van der Waals surface area contributed by atoms with Crippen LogP contribution in [0.15, 0.2) is 11.5 Å². The minimum atomic E-state index is 0.905. The van der Waals surface area contributed by atoms with Gasteiger partial charge in [0.05, 0.1) is 12.2 Å². The maximum absolute atomic E-state index is 5.89. The molecular weight excluding hydrogens is 152 g/mol. The van der Waals surface area contributed by atoms with Crippen LogP contribution in [0.1, 0.15) is 13.3 Å². The van der Waals surface area contributed by atoms with Crippen molar-refractivity contribution in [3.05, 3.63) is 11.5 Å². The highest BCUT2D eigenvalue weighted by atomic mass is 15.7. The van der Waals surface area contributed by atoms with E-state index in [2.05, 4.69) is 22.3 Å². The van der Waals surface area contributed by atoms with Crippen molar-refractivity contribution in [2.75, 3.05) is 26.2 Å². The second kappa shape index (κ2) is 2.86. The summed E-state index contributed by atoms with van der Waals surface area (Å²) in [4.78, 5) is 0. The zero-order valence-corrected chi connectivity index (χ0v) is 7.51. The molecule has 0 unspecified atom stereocenters.